The Balaban J connectivity index is 2.13. The minimum atomic E-state index is -0.177. The summed E-state index contributed by atoms with van der Waals surface area (Å²) < 4.78 is 5.40. The van der Waals surface area contributed by atoms with Gasteiger partial charge in [-0.15, -0.1) is 0 Å². The minimum Gasteiger partial charge on any atom is -0.496 e. The number of hydrogen-bond acceptors (Lipinski definition) is 3. The van der Waals surface area contributed by atoms with Crippen LogP contribution in [0.2, 0.25) is 0 Å². The van der Waals surface area contributed by atoms with Crippen LogP contribution in [0.4, 0.5) is 0 Å². The number of pyridine rings is 1. The molecule has 1 aromatic carbocycles. The molecule has 0 radical (unpaired) electrons. The summed E-state index contributed by atoms with van der Waals surface area (Å²) in [6.45, 7) is 2.57. The molecule has 0 saturated heterocycles. The first kappa shape index (κ1) is 15.0. The van der Waals surface area contributed by atoms with Gasteiger partial charge in [0.05, 0.1) is 7.11 Å². The number of carbonyl (C=O) groups is 1. The van der Waals surface area contributed by atoms with Crippen molar-refractivity contribution in [3.8, 4) is 5.75 Å². The Morgan fingerprint density at radius 1 is 1.24 bits per heavy atom. The zero-order valence-corrected chi connectivity index (χ0v) is 12.4. The topological polar surface area (TPSA) is 51.2 Å². The van der Waals surface area contributed by atoms with Gasteiger partial charge in [0.1, 0.15) is 11.4 Å². The van der Waals surface area contributed by atoms with Crippen molar-refractivity contribution in [2.75, 3.05) is 7.11 Å². The fourth-order valence-corrected chi connectivity index (χ4v) is 2.26. The summed E-state index contributed by atoms with van der Waals surface area (Å²) >= 11 is 0. The third-order valence-corrected chi connectivity index (χ3v) is 3.29. The van der Waals surface area contributed by atoms with E-state index in [0.29, 0.717) is 12.2 Å². The molecule has 0 saturated carbocycles. The average molecular weight is 284 g/mol. The lowest BCUT2D eigenvalue weighted by Gasteiger charge is -2.14. The van der Waals surface area contributed by atoms with Gasteiger partial charge in [-0.25, -0.2) is 0 Å². The molecule has 0 bridgehead atoms. The van der Waals surface area contributed by atoms with Crippen molar-refractivity contribution in [1.82, 2.24) is 10.3 Å². The number of amides is 1. The molecule has 21 heavy (non-hydrogen) atoms. The summed E-state index contributed by atoms with van der Waals surface area (Å²) in [7, 11) is 1.65. The molecule has 110 valence electrons. The van der Waals surface area contributed by atoms with Gasteiger partial charge in [-0.2, -0.15) is 0 Å². The van der Waals surface area contributed by atoms with Crippen LogP contribution in [-0.2, 0) is 13.0 Å². The zero-order chi connectivity index (χ0) is 15.1. The second-order valence-corrected chi connectivity index (χ2v) is 4.75. The van der Waals surface area contributed by atoms with Crippen LogP contribution in [-0.4, -0.2) is 18.0 Å². The highest BCUT2D eigenvalue weighted by Gasteiger charge is 2.11. The molecule has 1 heterocycles. The molecule has 1 amide bonds. The van der Waals surface area contributed by atoms with Gasteiger partial charge in [-0.1, -0.05) is 31.5 Å². The van der Waals surface area contributed by atoms with Crippen LogP contribution in [0.3, 0.4) is 0 Å². The Bertz CT molecular complexity index is 597. The maximum atomic E-state index is 12.1. The molecule has 0 aliphatic rings. The van der Waals surface area contributed by atoms with Crippen LogP contribution in [0.25, 0.3) is 0 Å². The molecule has 4 nitrogen and oxygen atoms in total. The summed E-state index contributed by atoms with van der Waals surface area (Å²) in [5.74, 6) is 0.631. The summed E-state index contributed by atoms with van der Waals surface area (Å²) in [5.41, 5.74) is 2.66. The monoisotopic (exact) mass is 284 g/mol. The fourth-order valence-electron chi connectivity index (χ4n) is 2.26. The number of aromatic nitrogens is 1. The number of carbonyl (C=O) groups excluding carboxylic acids is 1. The van der Waals surface area contributed by atoms with Gasteiger partial charge in [-0.3, -0.25) is 9.78 Å². The maximum Gasteiger partial charge on any atom is 0.270 e. The largest absolute Gasteiger partial charge is 0.496 e. The molecular formula is C17H20N2O2. The summed E-state index contributed by atoms with van der Waals surface area (Å²) in [5, 5.41) is 2.91. The number of nitrogens with zero attached hydrogens (tertiary/aromatic N) is 1. The molecule has 0 aliphatic carbocycles. The standard InChI is InChI=1S/C17H20N2O2/c1-3-7-13-8-6-10-16(21-2)14(13)12-19-17(20)15-9-4-5-11-18-15/h4-6,8-11H,3,7,12H2,1-2H3,(H,19,20). The average Bonchev–Trinajstić information content (AvgIpc) is 2.54. The van der Waals surface area contributed by atoms with Gasteiger partial charge in [-0.05, 0) is 30.2 Å². The van der Waals surface area contributed by atoms with E-state index in [0.717, 1.165) is 24.2 Å². The van der Waals surface area contributed by atoms with Crippen LogP contribution in [0.1, 0.15) is 35.0 Å². The molecular weight excluding hydrogens is 264 g/mol. The molecule has 1 aromatic heterocycles. The smallest absolute Gasteiger partial charge is 0.270 e. The third-order valence-electron chi connectivity index (χ3n) is 3.29. The van der Waals surface area contributed by atoms with E-state index in [1.54, 1.807) is 31.5 Å². The molecule has 2 aromatic rings. The van der Waals surface area contributed by atoms with Gasteiger partial charge in [0.2, 0.25) is 0 Å². The van der Waals surface area contributed by atoms with Crippen LogP contribution in [0.5, 0.6) is 5.75 Å². The quantitative estimate of drug-likeness (QED) is 0.887. The lowest BCUT2D eigenvalue weighted by molar-refractivity contribution is 0.0945. The summed E-state index contributed by atoms with van der Waals surface area (Å²) in [4.78, 5) is 16.1. The molecule has 1 N–H and O–H groups in total. The highest BCUT2D eigenvalue weighted by atomic mass is 16.5. The van der Waals surface area contributed by atoms with Crippen molar-refractivity contribution >= 4 is 5.91 Å². The van der Waals surface area contributed by atoms with Crippen LogP contribution >= 0.6 is 0 Å². The van der Waals surface area contributed by atoms with Crippen molar-refractivity contribution in [3.05, 3.63) is 59.4 Å². The molecule has 0 aliphatic heterocycles. The highest BCUT2D eigenvalue weighted by molar-refractivity contribution is 5.92. The maximum absolute atomic E-state index is 12.1. The van der Waals surface area contributed by atoms with E-state index in [9.17, 15) is 4.79 Å². The Labute approximate surface area is 125 Å². The van der Waals surface area contributed by atoms with E-state index in [1.165, 1.54) is 5.56 Å². The lowest BCUT2D eigenvalue weighted by atomic mass is 10.0. The first-order valence-electron chi connectivity index (χ1n) is 7.10. The van der Waals surface area contributed by atoms with Crippen molar-refractivity contribution in [3.63, 3.8) is 0 Å². The highest BCUT2D eigenvalue weighted by Crippen LogP contribution is 2.23. The third kappa shape index (κ3) is 3.81. The number of ether oxygens (including phenoxy) is 1. The van der Waals surface area contributed by atoms with E-state index in [-0.39, 0.29) is 5.91 Å². The number of benzene rings is 1. The fraction of sp³-hybridized carbons (Fsp3) is 0.294. The zero-order valence-electron chi connectivity index (χ0n) is 12.4. The first-order valence-corrected chi connectivity index (χ1v) is 7.10. The molecule has 2 rings (SSSR count). The number of aryl methyl sites for hydroxylation is 1. The summed E-state index contributed by atoms with van der Waals surface area (Å²) in [6.07, 6.45) is 3.63. The van der Waals surface area contributed by atoms with E-state index in [1.807, 2.05) is 12.1 Å². The number of hydrogen-bond donors (Lipinski definition) is 1. The number of nitrogens with one attached hydrogen (secondary N) is 1. The molecule has 0 spiro atoms. The Morgan fingerprint density at radius 3 is 2.76 bits per heavy atom. The van der Waals surface area contributed by atoms with Gasteiger partial charge < -0.3 is 10.1 Å². The summed E-state index contributed by atoms with van der Waals surface area (Å²) in [6, 6.07) is 11.3. The predicted molar refractivity (Wildman–Crippen MR) is 82.4 cm³/mol. The normalized spacial score (nSPS) is 10.2. The Morgan fingerprint density at radius 2 is 2.10 bits per heavy atom. The van der Waals surface area contributed by atoms with E-state index in [2.05, 4.69) is 23.3 Å². The van der Waals surface area contributed by atoms with Gasteiger partial charge in [0.25, 0.3) is 5.91 Å². The predicted octanol–water partition coefficient (Wildman–Crippen LogP) is 2.97. The van der Waals surface area contributed by atoms with E-state index >= 15 is 0 Å². The Kier molecular flexibility index (Phi) is 5.32. The van der Waals surface area contributed by atoms with Crippen LogP contribution in [0.15, 0.2) is 42.6 Å². The number of rotatable bonds is 6. The van der Waals surface area contributed by atoms with Crippen molar-refractivity contribution in [1.29, 1.82) is 0 Å². The molecule has 0 fully saturated rings. The van der Waals surface area contributed by atoms with E-state index in [4.69, 9.17) is 4.74 Å². The molecule has 0 atom stereocenters. The SMILES string of the molecule is CCCc1cccc(OC)c1CNC(=O)c1ccccn1. The van der Waals surface area contributed by atoms with Crippen LogP contribution in [0, 0.1) is 0 Å². The number of methoxy groups -OCH3 is 1. The van der Waals surface area contributed by atoms with Gasteiger partial charge >= 0.3 is 0 Å². The van der Waals surface area contributed by atoms with Gasteiger partial charge in [0, 0.05) is 18.3 Å². The first-order chi connectivity index (χ1) is 10.3. The van der Waals surface area contributed by atoms with Gasteiger partial charge in [0.15, 0.2) is 0 Å². The second kappa shape index (κ2) is 7.43. The van der Waals surface area contributed by atoms with Crippen molar-refractivity contribution < 1.29 is 9.53 Å². The van der Waals surface area contributed by atoms with Crippen molar-refractivity contribution in [2.45, 2.75) is 26.3 Å². The Hall–Kier alpha value is -2.36. The second-order valence-electron chi connectivity index (χ2n) is 4.75. The van der Waals surface area contributed by atoms with E-state index < -0.39 is 0 Å². The van der Waals surface area contributed by atoms with Crippen LogP contribution < -0.4 is 10.1 Å². The van der Waals surface area contributed by atoms with Crippen molar-refractivity contribution in [2.24, 2.45) is 0 Å². The molecule has 0 unspecified atom stereocenters. The molecule has 4 heteroatoms. The minimum absolute atomic E-state index is 0.177. The lowest BCUT2D eigenvalue weighted by Crippen LogP contribution is -2.24.